The van der Waals surface area contributed by atoms with Gasteiger partial charge in [0.05, 0.1) is 30.7 Å². The summed E-state index contributed by atoms with van der Waals surface area (Å²) < 4.78 is 35.3. The Labute approximate surface area is 203 Å². The molecule has 3 heterocycles. The van der Waals surface area contributed by atoms with Crippen LogP contribution in [0.1, 0.15) is 81.2 Å². The maximum absolute atomic E-state index is 14.3. The monoisotopic (exact) mass is 481 g/mol. The van der Waals surface area contributed by atoms with E-state index in [1.807, 2.05) is 45.0 Å². The molecule has 35 heavy (non-hydrogen) atoms. The number of nitrogens with zero attached hydrogens (tertiary/aromatic N) is 5. The largest absolute Gasteiger partial charge is 0.444 e. The van der Waals surface area contributed by atoms with Gasteiger partial charge in [-0.25, -0.2) is 13.6 Å². The molecular formula is C26H29F2N5O2. The second kappa shape index (κ2) is 9.02. The lowest BCUT2D eigenvalue weighted by molar-refractivity contribution is 0.0214. The number of benzene rings is 1. The van der Waals surface area contributed by atoms with Crippen molar-refractivity contribution < 1.29 is 18.3 Å². The molecule has 5 rings (SSSR count). The van der Waals surface area contributed by atoms with Crippen molar-refractivity contribution in [1.29, 1.82) is 0 Å². The summed E-state index contributed by atoms with van der Waals surface area (Å²) in [4.78, 5) is 18.6. The standard InChI is InChI=1S/C26H29F2N5O2/c1-26(2,3)35-25(34)32-14-18-6-4-5-7-21(18)33-22(15-32)30-31-24(33)17-10-8-16(9-11-17)23-20(28)12-19(27)13-29-23/h4-7,12-13,16-17H,8-11,14-15H2,1-3H3. The van der Waals surface area contributed by atoms with Crippen LogP contribution in [0, 0.1) is 11.6 Å². The van der Waals surface area contributed by atoms with Crippen LogP contribution in [0.5, 0.6) is 0 Å². The summed E-state index contributed by atoms with van der Waals surface area (Å²) >= 11 is 0. The first-order valence-electron chi connectivity index (χ1n) is 12.0. The van der Waals surface area contributed by atoms with Crippen LogP contribution >= 0.6 is 0 Å². The average molecular weight is 482 g/mol. The number of ether oxygens (including phenoxy) is 1. The number of fused-ring (bicyclic) bond motifs is 3. The van der Waals surface area contributed by atoms with Gasteiger partial charge >= 0.3 is 6.09 Å². The Morgan fingerprint density at radius 1 is 1.03 bits per heavy atom. The van der Waals surface area contributed by atoms with Crippen molar-refractivity contribution in [3.05, 3.63) is 71.1 Å². The molecule has 0 unspecified atom stereocenters. The van der Waals surface area contributed by atoms with E-state index in [4.69, 9.17) is 4.74 Å². The molecule has 2 aliphatic rings. The van der Waals surface area contributed by atoms with Gasteiger partial charge in [-0.15, -0.1) is 10.2 Å². The minimum absolute atomic E-state index is 0.0479. The molecule has 1 aromatic carbocycles. The third kappa shape index (κ3) is 4.76. The van der Waals surface area contributed by atoms with Crippen molar-refractivity contribution in [1.82, 2.24) is 24.6 Å². The molecule has 1 saturated carbocycles. The number of rotatable bonds is 2. The number of amides is 1. The Morgan fingerprint density at radius 3 is 2.46 bits per heavy atom. The van der Waals surface area contributed by atoms with Gasteiger partial charge in [-0.05, 0) is 58.1 Å². The number of pyridine rings is 1. The maximum atomic E-state index is 14.3. The van der Waals surface area contributed by atoms with Crippen LogP contribution in [0.15, 0.2) is 36.5 Å². The van der Waals surface area contributed by atoms with Crippen LogP contribution in [0.4, 0.5) is 13.6 Å². The van der Waals surface area contributed by atoms with E-state index in [0.29, 0.717) is 18.1 Å². The minimum Gasteiger partial charge on any atom is -0.444 e. The van der Waals surface area contributed by atoms with E-state index in [1.54, 1.807) is 4.90 Å². The minimum atomic E-state index is -0.662. The SMILES string of the molecule is CC(C)(C)OC(=O)N1Cc2ccccc2-n2c(nnc2C2CCC(c3ncc(F)cc3F)CC2)C1. The highest BCUT2D eigenvalue weighted by atomic mass is 19.1. The zero-order valence-electron chi connectivity index (χ0n) is 20.2. The predicted molar refractivity (Wildman–Crippen MR) is 125 cm³/mol. The van der Waals surface area contributed by atoms with E-state index in [-0.39, 0.29) is 24.5 Å². The highest BCUT2D eigenvalue weighted by Gasteiger charge is 2.33. The maximum Gasteiger partial charge on any atom is 0.411 e. The zero-order chi connectivity index (χ0) is 24.7. The van der Waals surface area contributed by atoms with Gasteiger partial charge in [0.25, 0.3) is 0 Å². The molecule has 184 valence electrons. The Morgan fingerprint density at radius 2 is 1.74 bits per heavy atom. The number of halogens is 2. The highest BCUT2D eigenvalue weighted by molar-refractivity contribution is 5.68. The lowest BCUT2D eigenvalue weighted by Crippen LogP contribution is -2.35. The topological polar surface area (TPSA) is 73.1 Å². The number of hydrogen-bond acceptors (Lipinski definition) is 5. The summed E-state index contributed by atoms with van der Waals surface area (Å²) in [6.45, 7) is 6.25. The van der Waals surface area contributed by atoms with Crippen LogP contribution in [0.3, 0.4) is 0 Å². The van der Waals surface area contributed by atoms with Crippen LogP contribution in [-0.2, 0) is 17.8 Å². The first-order chi connectivity index (χ1) is 16.7. The Kier molecular flexibility index (Phi) is 6.02. The molecule has 1 fully saturated rings. The molecule has 9 heteroatoms. The number of para-hydroxylation sites is 1. The molecule has 1 aliphatic carbocycles. The first-order valence-corrected chi connectivity index (χ1v) is 12.0. The molecule has 0 bridgehead atoms. The summed E-state index contributed by atoms with van der Waals surface area (Å²) in [7, 11) is 0. The van der Waals surface area contributed by atoms with Crippen LogP contribution in [-0.4, -0.2) is 36.3 Å². The van der Waals surface area contributed by atoms with E-state index in [9.17, 15) is 13.6 Å². The molecule has 2 aromatic heterocycles. The third-order valence-electron chi connectivity index (χ3n) is 6.65. The lowest BCUT2D eigenvalue weighted by atomic mass is 9.79. The van der Waals surface area contributed by atoms with E-state index < -0.39 is 17.2 Å². The predicted octanol–water partition coefficient (Wildman–Crippen LogP) is 5.63. The molecule has 3 aromatic rings. The molecule has 0 saturated heterocycles. The molecule has 0 spiro atoms. The summed E-state index contributed by atoms with van der Waals surface area (Å²) in [5, 5.41) is 9.02. The highest BCUT2D eigenvalue weighted by Crippen LogP contribution is 2.41. The Balaban J connectivity index is 1.41. The van der Waals surface area contributed by atoms with Crippen molar-refractivity contribution >= 4 is 6.09 Å². The van der Waals surface area contributed by atoms with Gasteiger partial charge in [0.2, 0.25) is 0 Å². The van der Waals surface area contributed by atoms with Crippen molar-refractivity contribution in [3.63, 3.8) is 0 Å². The number of carbonyl (C=O) groups is 1. The van der Waals surface area contributed by atoms with Gasteiger partial charge in [-0.3, -0.25) is 14.5 Å². The number of hydrogen-bond donors (Lipinski definition) is 0. The fourth-order valence-corrected chi connectivity index (χ4v) is 5.06. The summed E-state index contributed by atoms with van der Waals surface area (Å²) in [5.74, 6) is 0.380. The Bertz CT molecular complexity index is 1240. The van der Waals surface area contributed by atoms with Gasteiger partial charge in [-0.1, -0.05) is 18.2 Å². The molecule has 0 atom stereocenters. The molecule has 0 N–H and O–H groups in total. The zero-order valence-corrected chi connectivity index (χ0v) is 20.2. The number of aromatic nitrogens is 4. The van der Waals surface area contributed by atoms with Crippen molar-refractivity contribution in [2.75, 3.05) is 0 Å². The summed E-state index contributed by atoms with van der Waals surface area (Å²) in [6.07, 6.45) is 3.73. The van der Waals surface area contributed by atoms with Crippen LogP contribution in [0.25, 0.3) is 5.69 Å². The summed E-state index contributed by atoms with van der Waals surface area (Å²) in [6, 6.07) is 8.85. The van der Waals surface area contributed by atoms with E-state index >= 15 is 0 Å². The van der Waals surface area contributed by atoms with Gasteiger partial charge in [0, 0.05) is 17.9 Å². The van der Waals surface area contributed by atoms with Gasteiger partial charge in [0.15, 0.2) is 5.82 Å². The van der Waals surface area contributed by atoms with Gasteiger partial charge in [0.1, 0.15) is 23.1 Å². The molecule has 1 aliphatic heterocycles. The van der Waals surface area contributed by atoms with Gasteiger partial charge in [-0.2, -0.15) is 0 Å². The van der Waals surface area contributed by atoms with Crippen molar-refractivity contribution in [2.24, 2.45) is 0 Å². The first kappa shape index (κ1) is 23.4. The Hall–Kier alpha value is -3.36. The van der Waals surface area contributed by atoms with Crippen LogP contribution in [0.2, 0.25) is 0 Å². The molecule has 0 radical (unpaired) electrons. The van der Waals surface area contributed by atoms with Crippen molar-refractivity contribution in [3.8, 4) is 5.69 Å². The fraction of sp³-hybridized carbons (Fsp3) is 0.462. The quantitative estimate of drug-likeness (QED) is 0.474. The number of carbonyl (C=O) groups excluding carboxylic acids is 1. The normalized spacial score (nSPS) is 20.1. The molecule has 1 amide bonds. The molecule has 7 nitrogen and oxygen atoms in total. The van der Waals surface area contributed by atoms with E-state index in [1.165, 1.54) is 0 Å². The van der Waals surface area contributed by atoms with Crippen molar-refractivity contribution in [2.45, 2.75) is 77.0 Å². The third-order valence-corrected chi connectivity index (χ3v) is 6.65. The van der Waals surface area contributed by atoms with Crippen LogP contribution < -0.4 is 0 Å². The van der Waals surface area contributed by atoms with E-state index in [0.717, 1.165) is 55.0 Å². The van der Waals surface area contributed by atoms with E-state index in [2.05, 4.69) is 19.7 Å². The fourth-order valence-electron chi connectivity index (χ4n) is 5.06. The summed E-state index contributed by atoms with van der Waals surface area (Å²) in [5.41, 5.74) is 1.69. The second-order valence-corrected chi connectivity index (χ2v) is 10.3. The van der Waals surface area contributed by atoms with Gasteiger partial charge < -0.3 is 4.74 Å². The molecular weight excluding hydrogens is 452 g/mol. The average Bonchev–Trinajstić information content (AvgIpc) is 3.13. The second-order valence-electron chi connectivity index (χ2n) is 10.3. The lowest BCUT2D eigenvalue weighted by Gasteiger charge is -2.28. The smallest absolute Gasteiger partial charge is 0.411 e.